The van der Waals surface area contributed by atoms with E-state index in [1.807, 2.05) is 54.6 Å². The lowest BCUT2D eigenvalue weighted by molar-refractivity contribution is 0.399. The Morgan fingerprint density at radius 2 is 0.719 bits per heavy atom. The number of nitrogens with zero attached hydrogens (tertiary/aromatic N) is 1. The van der Waals surface area contributed by atoms with Gasteiger partial charge in [0.2, 0.25) is 0 Å². The summed E-state index contributed by atoms with van der Waals surface area (Å²) in [6.07, 6.45) is 13.1. The molecule has 64 heavy (non-hydrogen) atoms. The van der Waals surface area contributed by atoms with Crippen LogP contribution in [0.15, 0.2) is 224 Å². The molecule has 8 aromatic carbocycles. The van der Waals surface area contributed by atoms with Gasteiger partial charge < -0.3 is 19.1 Å². The van der Waals surface area contributed by atoms with Crippen LogP contribution in [0.5, 0.6) is 28.7 Å². The molecule has 1 aliphatic carbocycles. The first-order valence-corrected chi connectivity index (χ1v) is 21.9. The maximum Gasteiger partial charge on any atom is 0.135 e. The predicted molar refractivity (Wildman–Crippen MR) is 261 cm³/mol. The summed E-state index contributed by atoms with van der Waals surface area (Å²) in [5, 5.41) is 0. The highest BCUT2D eigenvalue weighted by molar-refractivity contribution is 5.97. The van der Waals surface area contributed by atoms with E-state index >= 15 is 0 Å². The molecule has 0 fully saturated rings. The van der Waals surface area contributed by atoms with E-state index in [2.05, 4.69) is 175 Å². The Morgan fingerprint density at radius 3 is 1.17 bits per heavy atom. The fraction of sp³-hybridized carbons (Fsp3) is 0.0333. The fourth-order valence-electron chi connectivity index (χ4n) is 9.22. The maximum absolute atomic E-state index is 6.53. The van der Waals surface area contributed by atoms with E-state index in [-0.39, 0.29) is 0 Å². The van der Waals surface area contributed by atoms with Gasteiger partial charge in [-0.3, -0.25) is 0 Å². The highest BCUT2D eigenvalue weighted by atomic mass is 16.5. The molecule has 0 bridgehead atoms. The van der Waals surface area contributed by atoms with E-state index < -0.39 is 0 Å². The standard InChI is InChI=1S/C60H41NO3/c1-7-19-55-43(13-1)37-52(49-16-4-10-22-58(49)62-55)40-25-31-46(32-26-40)61(47-33-27-41(28-34-47)53-38-44-14-2-8-20-56(44)63-59-23-11-5-17-50(53)59)48-35-29-42(30-36-48)54-39-45-15-3-9-21-57(45)64-60-24-12-6-18-51(54)60/h1-8,10-20,22-39H,9,21H2. The molecule has 4 nitrogen and oxygen atoms in total. The van der Waals surface area contributed by atoms with Gasteiger partial charge in [0.15, 0.2) is 0 Å². The lowest BCUT2D eigenvalue weighted by Gasteiger charge is -2.26. The predicted octanol–water partition coefficient (Wildman–Crippen LogP) is 16.0. The van der Waals surface area contributed by atoms with Gasteiger partial charge in [-0.1, -0.05) is 140 Å². The van der Waals surface area contributed by atoms with Crippen LogP contribution >= 0.6 is 0 Å². The SMILES string of the molecule is C1=CC2=C(CC1)Oc1ccccc1C(c1ccc(N(c3ccc(C4=Cc5ccccc5Oc5ccccc54)cc3)c3ccc(C4=Cc5ccccc5Oc5ccccc54)cc3)cc1)=C2. The number of rotatable bonds is 6. The Kier molecular flexibility index (Phi) is 9.27. The van der Waals surface area contributed by atoms with Crippen molar-refractivity contribution in [2.75, 3.05) is 4.90 Å². The monoisotopic (exact) mass is 823 g/mol. The third-order valence-electron chi connectivity index (χ3n) is 12.4. The van der Waals surface area contributed by atoms with Crippen molar-refractivity contribution >= 4 is 45.9 Å². The van der Waals surface area contributed by atoms with Gasteiger partial charge in [0.25, 0.3) is 0 Å². The molecular weight excluding hydrogens is 783 g/mol. The summed E-state index contributed by atoms with van der Waals surface area (Å²) in [6, 6.07) is 68.1. The molecule has 0 unspecified atom stereocenters. The molecule has 3 heterocycles. The number of para-hydroxylation sites is 5. The molecule has 0 N–H and O–H groups in total. The van der Waals surface area contributed by atoms with E-state index in [0.29, 0.717) is 0 Å². The van der Waals surface area contributed by atoms with Crippen LogP contribution in [0.2, 0.25) is 0 Å². The highest BCUT2D eigenvalue weighted by Crippen LogP contribution is 2.45. The molecule has 0 saturated heterocycles. The smallest absolute Gasteiger partial charge is 0.135 e. The van der Waals surface area contributed by atoms with E-state index in [0.717, 1.165) is 131 Å². The Balaban J connectivity index is 0.959. The lowest BCUT2D eigenvalue weighted by Crippen LogP contribution is -2.10. The number of ether oxygens (including phenoxy) is 3. The first-order chi connectivity index (χ1) is 31.7. The summed E-state index contributed by atoms with van der Waals surface area (Å²) in [6.45, 7) is 0. The zero-order chi connectivity index (χ0) is 42.4. The van der Waals surface area contributed by atoms with Crippen molar-refractivity contribution in [2.45, 2.75) is 12.8 Å². The molecule has 4 heteroatoms. The quantitative estimate of drug-likeness (QED) is 0.167. The molecule has 4 aliphatic rings. The average molecular weight is 824 g/mol. The van der Waals surface area contributed by atoms with Crippen LogP contribution in [0.3, 0.4) is 0 Å². The van der Waals surface area contributed by atoms with Crippen LogP contribution in [0.1, 0.15) is 57.3 Å². The minimum atomic E-state index is 0.844. The number of fused-ring (bicyclic) bond motifs is 5. The number of hydrogen-bond donors (Lipinski definition) is 0. The van der Waals surface area contributed by atoms with Gasteiger partial charge in [-0.25, -0.2) is 0 Å². The summed E-state index contributed by atoms with van der Waals surface area (Å²) < 4.78 is 19.4. The summed E-state index contributed by atoms with van der Waals surface area (Å²) in [7, 11) is 0. The van der Waals surface area contributed by atoms with E-state index in [9.17, 15) is 0 Å². The second-order valence-electron chi connectivity index (χ2n) is 16.3. The van der Waals surface area contributed by atoms with Gasteiger partial charge in [0.1, 0.15) is 34.5 Å². The second-order valence-corrected chi connectivity index (χ2v) is 16.3. The lowest BCUT2D eigenvalue weighted by atomic mass is 9.93. The minimum Gasteiger partial charge on any atom is -0.460 e. The van der Waals surface area contributed by atoms with Crippen molar-refractivity contribution in [3.05, 3.63) is 268 Å². The third-order valence-corrected chi connectivity index (χ3v) is 12.4. The van der Waals surface area contributed by atoms with Crippen LogP contribution in [0.25, 0.3) is 28.9 Å². The van der Waals surface area contributed by atoms with Crippen molar-refractivity contribution in [3.8, 4) is 28.7 Å². The van der Waals surface area contributed by atoms with Crippen LogP contribution in [0, 0.1) is 0 Å². The van der Waals surface area contributed by atoms with Gasteiger partial charge in [-0.15, -0.1) is 0 Å². The molecule has 0 amide bonds. The van der Waals surface area contributed by atoms with E-state index in [1.165, 1.54) is 0 Å². The Morgan fingerprint density at radius 1 is 0.344 bits per heavy atom. The van der Waals surface area contributed by atoms with E-state index in [4.69, 9.17) is 14.2 Å². The van der Waals surface area contributed by atoms with Gasteiger partial charge in [-0.2, -0.15) is 0 Å². The topological polar surface area (TPSA) is 30.9 Å². The van der Waals surface area contributed by atoms with Crippen molar-refractivity contribution in [2.24, 2.45) is 0 Å². The zero-order valence-corrected chi connectivity index (χ0v) is 34.9. The van der Waals surface area contributed by atoms with Gasteiger partial charge in [0.05, 0.1) is 0 Å². The molecule has 8 aromatic rings. The van der Waals surface area contributed by atoms with Gasteiger partial charge in [0, 0.05) is 56.9 Å². The first-order valence-electron chi connectivity index (χ1n) is 21.9. The van der Waals surface area contributed by atoms with Crippen LogP contribution in [-0.4, -0.2) is 0 Å². The molecule has 0 radical (unpaired) electrons. The summed E-state index contributed by atoms with van der Waals surface area (Å²) in [4.78, 5) is 2.34. The fourth-order valence-corrected chi connectivity index (χ4v) is 9.22. The number of hydrogen-bond acceptors (Lipinski definition) is 4. The molecule has 12 rings (SSSR count). The van der Waals surface area contributed by atoms with Crippen molar-refractivity contribution in [1.29, 1.82) is 0 Å². The van der Waals surface area contributed by atoms with E-state index in [1.54, 1.807) is 0 Å². The summed E-state index contributed by atoms with van der Waals surface area (Å²) >= 11 is 0. The molecule has 0 saturated carbocycles. The first kappa shape index (κ1) is 37.4. The second kappa shape index (κ2) is 15.8. The van der Waals surface area contributed by atoms with Crippen LogP contribution in [0.4, 0.5) is 17.1 Å². The number of anilines is 3. The van der Waals surface area contributed by atoms with Crippen molar-refractivity contribution in [1.82, 2.24) is 0 Å². The van der Waals surface area contributed by atoms with Crippen molar-refractivity contribution < 1.29 is 14.2 Å². The van der Waals surface area contributed by atoms with Gasteiger partial charge >= 0.3 is 0 Å². The largest absolute Gasteiger partial charge is 0.460 e. The van der Waals surface area contributed by atoms with Crippen LogP contribution in [-0.2, 0) is 0 Å². The third kappa shape index (κ3) is 6.82. The molecule has 304 valence electrons. The average Bonchev–Trinajstić information content (AvgIpc) is 3.72. The Bertz CT molecular complexity index is 3120. The normalized spacial score (nSPS) is 14.3. The minimum absolute atomic E-state index is 0.844. The van der Waals surface area contributed by atoms with Crippen LogP contribution < -0.4 is 19.1 Å². The Labute approximate surface area is 373 Å². The summed E-state index contributed by atoms with van der Waals surface area (Å²) in [5.74, 6) is 5.30. The zero-order valence-electron chi connectivity index (χ0n) is 34.9. The highest BCUT2D eigenvalue weighted by Gasteiger charge is 2.23. The molecule has 0 atom stereocenters. The Hall–Kier alpha value is -8.34. The number of allylic oxidation sites excluding steroid dienone is 5. The van der Waals surface area contributed by atoms with Gasteiger partial charge in [-0.05, 0) is 125 Å². The number of benzene rings is 8. The molecule has 0 spiro atoms. The molecular formula is C60H41NO3. The summed E-state index contributed by atoms with van der Waals surface area (Å²) in [5.41, 5.74) is 16.3. The van der Waals surface area contributed by atoms with Crippen molar-refractivity contribution in [3.63, 3.8) is 0 Å². The molecule has 3 aliphatic heterocycles. The maximum atomic E-state index is 6.53. The molecule has 0 aromatic heterocycles.